The number of rotatable bonds is 14. The van der Waals surface area contributed by atoms with Gasteiger partial charge in [-0.3, -0.25) is 0 Å². The zero-order valence-electron chi connectivity index (χ0n) is 38.8. The number of methoxy groups -OCH3 is 1. The van der Waals surface area contributed by atoms with E-state index in [-0.39, 0.29) is 59.0 Å². The van der Waals surface area contributed by atoms with Gasteiger partial charge in [0.2, 0.25) is 0 Å². The molecule has 20 nitrogen and oxygen atoms in total. The lowest BCUT2D eigenvalue weighted by Gasteiger charge is -2.61. The van der Waals surface area contributed by atoms with Gasteiger partial charge in [0.05, 0.1) is 44.7 Å². The SMILES string of the molecule is CO[C@]1(CC[C@H](C)CO[C@@H]2O[C@H](CO)[C@@H](O)[C@H](O)[C@H]2O)O[C@H]2[C@H](O)[C@H]3[C@@H]4CC[C@@H]5C[C@@H](O[C@@H]6O[C@H](CO)[C@H](O)[C@H](O)[C@H]6O[C@@H]6O[C@H](CO)[C@@H](O)[C@H](O)[C@H]6O)CC[C@]5(C)[C@H]4CC[C@]3(C)[C@H]2[C@@H]1C. The second-order valence-corrected chi connectivity index (χ2v) is 21.7. The Morgan fingerprint density at radius 1 is 0.621 bits per heavy atom. The Labute approximate surface area is 386 Å². The highest BCUT2D eigenvalue weighted by atomic mass is 16.8. The Hall–Kier alpha value is -0.800. The van der Waals surface area contributed by atoms with E-state index in [1.54, 1.807) is 7.11 Å². The normalized spacial score (nSPS) is 55.4. The van der Waals surface area contributed by atoms with Crippen molar-refractivity contribution < 1.29 is 99.2 Å². The van der Waals surface area contributed by atoms with Gasteiger partial charge in [0, 0.05) is 25.4 Å². The average molecular weight is 951 g/mol. The third-order valence-electron chi connectivity index (χ3n) is 18.3. The highest BCUT2D eigenvalue weighted by Gasteiger charge is 2.72. The molecular weight excluding hydrogens is 872 g/mol. The second kappa shape index (κ2) is 20.0. The molecule has 0 aromatic heterocycles. The third kappa shape index (κ3) is 8.75. The summed E-state index contributed by atoms with van der Waals surface area (Å²) < 4.78 is 48.5. The van der Waals surface area contributed by atoms with Crippen LogP contribution in [0.4, 0.5) is 0 Å². The van der Waals surface area contributed by atoms with Crippen LogP contribution < -0.4 is 0 Å². The van der Waals surface area contributed by atoms with Gasteiger partial charge < -0.3 is 99.2 Å². The Morgan fingerprint density at radius 2 is 1.20 bits per heavy atom. The van der Waals surface area contributed by atoms with Crippen molar-refractivity contribution in [3.8, 4) is 0 Å². The highest BCUT2D eigenvalue weighted by Crippen LogP contribution is 2.71. The number of fused-ring (bicyclic) bond motifs is 7. The molecule has 8 rings (SSSR count). The van der Waals surface area contributed by atoms with Crippen LogP contribution in [0, 0.1) is 52.3 Å². The zero-order chi connectivity index (χ0) is 47.8. The molecule has 66 heavy (non-hydrogen) atoms. The number of ether oxygens (including phenoxy) is 8. The van der Waals surface area contributed by atoms with Crippen molar-refractivity contribution in [3.63, 3.8) is 0 Å². The Morgan fingerprint density at radius 3 is 1.82 bits per heavy atom. The highest BCUT2D eigenvalue weighted by molar-refractivity contribution is 5.18. The summed E-state index contributed by atoms with van der Waals surface area (Å²) in [5.74, 6) is -0.0474. The van der Waals surface area contributed by atoms with Crippen molar-refractivity contribution in [3.05, 3.63) is 0 Å². The monoisotopic (exact) mass is 951 g/mol. The van der Waals surface area contributed by atoms with E-state index in [2.05, 4.69) is 20.8 Å². The maximum absolute atomic E-state index is 12.4. The molecule has 4 saturated carbocycles. The first-order valence-corrected chi connectivity index (χ1v) is 24.4. The average Bonchev–Trinajstić information content (AvgIpc) is 3.73. The molecule has 8 fully saturated rings. The lowest BCUT2D eigenvalue weighted by molar-refractivity contribution is -0.373. The van der Waals surface area contributed by atoms with E-state index in [1.807, 2.05) is 6.92 Å². The van der Waals surface area contributed by atoms with E-state index >= 15 is 0 Å². The van der Waals surface area contributed by atoms with Crippen LogP contribution >= 0.6 is 0 Å². The third-order valence-corrected chi connectivity index (χ3v) is 18.3. The Bertz CT molecular complexity index is 1610. The summed E-state index contributed by atoms with van der Waals surface area (Å²) >= 11 is 0. The first kappa shape index (κ1) is 51.6. The van der Waals surface area contributed by atoms with Gasteiger partial charge in [0.15, 0.2) is 24.7 Å². The van der Waals surface area contributed by atoms with E-state index in [9.17, 15) is 61.3 Å². The van der Waals surface area contributed by atoms with Crippen molar-refractivity contribution in [2.75, 3.05) is 33.5 Å². The number of aliphatic hydroxyl groups excluding tert-OH is 12. The molecule has 4 aliphatic carbocycles. The standard InChI is InChI=1S/C46H78O20/c1-19(18-60-41-37(57)34(54)30(50)25(15-47)62-41)8-13-46(59-5)20(2)28-39(66-46)33(53)29-23-7-6-21-14-22(9-11-44(21,3)24(23)10-12-45(28,29)4)61-43-40(36(56)32(52)27(17-49)64-43)65-42-38(58)35(55)31(51)26(16-48)63-42/h19-43,47-58H,6-18H2,1-5H3/t19-,20-,21+,22-,23+,24-,25+,26+,27+,28-,29+,30+,31+,32-,33+,34-,35-,36-,37+,38+,39+,40+,41+,42-,43+,44-,45+,46+/m0/s1. The largest absolute Gasteiger partial charge is 0.394 e. The van der Waals surface area contributed by atoms with Crippen LogP contribution in [0.2, 0.25) is 0 Å². The van der Waals surface area contributed by atoms with E-state index < -0.39 is 130 Å². The smallest absolute Gasteiger partial charge is 0.187 e. The van der Waals surface area contributed by atoms with Crippen LogP contribution in [-0.4, -0.2) is 211 Å². The molecule has 12 N–H and O–H groups in total. The molecular formula is C46H78O20. The number of aliphatic hydroxyl groups is 12. The minimum absolute atomic E-state index is 0.0282. The van der Waals surface area contributed by atoms with Crippen LogP contribution in [0.3, 0.4) is 0 Å². The fraction of sp³-hybridized carbons (Fsp3) is 1.00. The van der Waals surface area contributed by atoms with Gasteiger partial charge >= 0.3 is 0 Å². The van der Waals surface area contributed by atoms with Gasteiger partial charge in [-0.15, -0.1) is 0 Å². The van der Waals surface area contributed by atoms with E-state index in [4.69, 9.17) is 37.9 Å². The maximum Gasteiger partial charge on any atom is 0.187 e. The predicted octanol–water partition coefficient (Wildman–Crippen LogP) is -2.15. The summed E-state index contributed by atoms with van der Waals surface area (Å²) in [4.78, 5) is 0. The summed E-state index contributed by atoms with van der Waals surface area (Å²) in [6, 6.07) is 0. The minimum Gasteiger partial charge on any atom is -0.394 e. The van der Waals surface area contributed by atoms with Gasteiger partial charge in [-0.25, -0.2) is 0 Å². The second-order valence-electron chi connectivity index (χ2n) is 21.7. The topological polar surface area (TPSA) is 317 Å². The molecule has 0 aromatic rings. The van der Waals surface area contributed by atoms with Crippen LogP contribution in [0.25, 0.3) is 0 Å². The summed E-state index contributed by atoms with van der Waals surface area (Å²) in [5.41, 5.74) is -0.254. The lowest BCUT2D eigenvalue weighted by Crippen LogP contribution is -2.65. The molecule has 0 aromatic carbocycles. The molecule has 0 unspecified atom stereocenters. The van der Waals surface area contributed by atoms with Gasteiger partial charge in [-0.1, -0.05) is 27.7 Å². The first-order chi connectivity index (χ1) is 31.3. The zero-order valence-corrected chi connectivity index (χ0v) is 38.8. The molecule has 4 saturated heterocycles. The van der Waals surface area contributed by atoms with Crippen molar-refractivity contribution in [1.29, 1.82) is 0 Å². The van der Waals surface area contributed by atoms with Crippen molar-refractivity contribution in [2.45, 2.75) is 202 Å². The maximum atomic E-state index is 12.4. The van der Waals surface area contributed by atoms with Crippen molar-refractivity contribution in [2.24, 2.45) is 52.3 Å². The quantitative estimate of drug-likeness (QED) is 0.0826. The minimum atomic E-state index is -1.76. The predicted molar refractivity (Wildman–Crippen MR) is 225 cm³/mol. The van der Waals surface area contributed by atoms with Gasteiger partial charge in [-0.2, -0.15) is 0 Å². The molecule has 28 atom stereocenters. The van der Waals surface area contributed by atoms with Gasteiger partial charge in [0.25, 0.3) is 0 Å². The summed E-state index contributed by atoms with van der Waals surface area (Å²) in [7, 11) is 1.65. The van der Waals surface area contributed by atoms with Crippen molar-refractivity contribution in [1.82, 2.24) is 0 Å². The van der Waals surface area contributed by atoms with E-state index in [1.165, 1.54) is 0 Å². The number of hydrogen-bond donors (Lipinski definition) is 12. The molecule has 20 heteroatoms. The van der Waals surface area contributed by atoms with Crippen molar-refractivity contribution >= 4 is 0 Å². The van der Waals surface area contributed by atoms with Crippen LogP contribution in [0.1, 0.15) is 85.5 Å². The van der Waals surface area contributed by atoms with E-state index in [0.717, 1.165) is 32.1 Å². The Balaban J connectivity index is 0.896. The lowest BCUT2D eigenvalue weighted by atomic mass is 9.44. The molecule has 4 aliphatic heterocycles. The fourth-order valence-electron chi connectivity index (χ4n) is 14.5. The summed E-state index contributed by atoms with van der Waals surface area (Å²) in [6.45, 7) is 7.20. The molecule has 4 heterocycles. The molecule has 8 aliphatic rings. The van der Waals surface area contributed by atoms with Crippen LogP contribution in [0.15, 0.2) is 0 Å². The molecule has 0 radical (unpaired) electrons. The fourth-order valence-corrected chi connectivity index (χ4v) is 14.5. The first-order valence-electron chi connectivity index (χ1n) is 24.4. The molecule has 0 bridgehead atoms. The molecule has 0 amide bonds. The van der Waals surface area contributed by atoms with Crippen LogP contribution in [-0.2, 0) is 37.9 Å². The van der Waals surface area contributed by atoms with E-state index in [0.29, 0.717) is 31.6 Å². The summed E-state index contributed by atoms with van der Waals surface area (Å²) in [5, 5.41) is 126. The van der Waals surface area contributed by atoms with Crippen LogP contribution in [0.5, 0.6) is 0 Å². The number of hydrogen-bond acceptors (Lipinski definition) is 20. The molecule has 0 spiro atoms. The Kier molecular flexibility index (Phi) is 15.6. The van der Waals surface area contributed by atoms with Gasteiger partial charge in [-0.05, 0) is 91.8 Å². The molecule has 382 valence electrons. The van der Waals surface area contributed by atoms with Gasteiger partial charge in [0.1, 0.15) is 73.2 Å². The summed E-state index contributed by atoms with van der Waals surface area (Å²) in [6.07, 6.45) is -16.3.